The van der Waals surface area contributed by atoms with Crippen LogP contribution in [-0.4, -0.2) is 31.3 Å². The average Bonchev–Trinajstić information content (AvgIpc) is 2.66. The van der Waals surface area contributed by atoms with Crippen molar-refractivity contribution in [3.63, 3.8) is 0 Å². The Morgan fingerprint density at radius 3 is 2.76 bits per heavy atom. The van der Waals surface area contributed by atoms with E-state index in [1.807, 2.05) is 6.92 Å². The first-order valence-corrected chi connectivity index (χ1v) is 7.02. The third-order valence-corrected chi connectivity index (χ3v) is 3.20. The lowest BCUT2D eigenvalue weighted by Gasteiger charge is -2.25. The quantitative estimate of drug-likeness (QED) is 0.312. The average molecular weight is 294 g/mol. The summed E-state index contributed by atoms with van der Waals surface area (Å²) in [5.74, 6) is 5.26. The Labute approximate surface area is 125 Å². The summed E-state index contributed by atoms with van der Waals surface area (Å²) in [6, 6.07) is 0. The highest BCUT2D eigenvalue weighted by molar-refractivity contribution is 5.96. The molecule has 5 nitrogen and oxygen atoms in total. The van der Waals surface area contributed by atoms with Crippen LogP contribution in [0.5, 0.6) is 0 Å². The van der Waals surface area contributed by atoms with Crippen molar-refractivity contribution < 1.29 is 23.8 Å². The van der Waals surface area contributed by atoms with Crippen molar-refractivity contribution in [1.29, 1.82) is 0 Å². The molecule has 21 heavy (non-hydrogen) atoms. The van der Waals surface area contributed by atoms with E-state index in [9.17, 15) is 9.59 Å². The van der Waals surface area contributed by atoms with Gasteiger partial charge in [0.05, 0.1) is 5.57 Å². The SMILES string of the molecule is CCCC#CC(=O)CC[C@]1(C)OC(=O)C(C)=C1OCOC. The summed E-state index contributed by atoms with van der Waals surface area (Å²) in [5, 5.41) is 0. The van der Waals surface area contributed by atoms with Gasteiger partial charge in [-0.25, -0.2) is 4.79 Å². The number of carbonyl (C=O) groups is 2. The maximum absolute atomic E-state index is 11.7. The number of carbonyl (C=O) groups excluding carboxylic acids is 2. The molecule has 0 aromatic heterocycles. The molecular formula is C16H22O5. The smallest absolute Gasteiger partial charge is 0.338 e. The fourth-order valence-electron chi connectivity index (χ4n) is 2.06. The third kappa shape index (κ3) is 4.61. The molecule has 1 rings (SSSR count). The van der Waals surface area contributed by atoms with E-state index in [1.165, 1.54) is 7.11 Å². The van der Waals surface area contributed by atoms with Gasteiger partial charge in [0.2, 0.25) is 5.78 Å². The Morgan fingerprint density at radius 2 is 2.14 bits per heavy atom. The lowest BCUT2D eigenvalue weighted by molar-refractivity contribution is -0.149. The minimum atomic E-state index is -0.929. The number of methoxy groups -OCH3 is 1. The molecule has 0 aromatic carbocycles. The summed E-state index contributed by atoms with van der Waals surface area (Å²) in [6.45, 7) is 5.41. The summed E-state index contributed by atoms with van der Waals surface area (Å²) in [6.07, 6.45) is 2.19. The fourth-order valence-corrected chi connectivity index (χ4v) is 2.06. The van der Waals surface area contributed by atoms with E-state index in [1.54, 1.807) is 13.8 Å². The minimum Gasteiger partial charge on any atom is -0.467 e. The molecule has 0 amide bonds. The maximum atomic E-state index is 11.7. The fraction of sp³-hybridized carbons (Fsp3) is 0.625. The molecule has 0 radical (unpaired) electrons. The molecule has 0 N–H and O–H groups in total. The zero-order valence-corrected chi connectivity index (χ0v) is 13.1. The van der Waals surface area contributed by atoms with Gasteiger partial charge in [-0.3, -0.25) is 4.79 Å². The van der Waals surface area contributed by atoms with Crippen molar-refractivity contribution in [3.05, 3.63) is 11.3 Å². The first-order valence-electron chi connectivity index (χ1n) is 7.02. The van der Waals surface area contributed by atoms with Gasteiger partial charge in [-0.2, -0.15) is 0 Å². The molecule has 0 unspecified atom stereocenters. The Balaban J connectivity index is 2.70. The van der Waals surface area contributed by atoms with Crippen LogP contribution < -0.4 is 0 Å². The lowest BCUT2D eigenvalue weighted by atomic mass is 9.95. The highest BCUT2D eigenvalue weighted by Crippen LogP contribution is 2.36. The summed E-state index contributed by atoms with van der Waals surface area (Å²) >= 11 is 0. The van der Waals surface area contributed by atoms with Crippen LogP contribution in [-0.2, 0) is 23.8 Å². The van der Waals surface area contributed by atoms with Crippen molar-refractivity contribution in [1.82, 2.24) is 0 Å². The molecule has 5 heteroatoms. The van der Waals surface area contributed by atoms with Gasteiger partial charge in [0, 0.05) is 26.4 Å². The standard InChI is InChI=1S/C16H22O5/c1-5-6-7-8-13(17)9-10-16(3)14(20-11-19-4)12(2)15(18)21-16/h5-6,9-11H2,1-4H3/t16-/m0/s1. The van der Waals surface area contributed by atoms with E-state index in [4.69, 9.17) is 14.2 Å². The number of ketones is 1. The second kappa shape index (κ2) is 7.84. The van der Waals surface area contributed by atoms with Gasteiger partial charge < -0.3 is 14.2 Å². The van der Waals surface area contributed by atoms with Gasteiger partial charge >= 0.3 is 5.97 Å². The van der Waals surface area contributed by atoms with Crippen LogP contribution in [0.15, 0.2) is 11.3 Å². The van der Waals surface area contributed by atoms with Crippen LogP contribution in [0.4, 0.5) is 0 Å². The zero-order valence-electron chi connectivity index (χ0n) is 13.1. The first kappa shape index (κ1) is 17.3. The minimum absolute atomic E-state index is 0.0309. The van der Waals surface area contributed by atoms with Gasteiger partial charge in [-0.1, -0.05) is 12.8 Å². The van der Waals surface area contributed by atoms with Gasteiger partial charge in [-0.05, 0) is 26.2 Å². The van der Waals surface area contributed by atoms with Crippen LogP contribution in [0.25, 0.3) is 0 Å². The lowest BCUT2D eigenvalue weighted by Crippen LogP contribution is -2.30. The Hall–Kier alpha value is -1.80. The molecule has 1 aliphatic heterocycles. The van der Waals surface area contributed by atoms with Crippen LogP contribution >= 0.6 is 0 Å². The molecule has 0 saturated carbocycles. The van der Waals surface area contributed by atoms with Crippen molar-refractivity contribution >= 4 is 11.8 Å². The Morgan fingerprint density at radius 1 is 1.43 bits per heavy atom. The molecular weight excluding hydrogens is 272 g/mol. The maximum Gasteiger partial charge on any atom is 0.338 e. The number of Topliss-reactive ketones (excluding diaryl/α,β-unsaturated/α-hetero) is 1. The van der Waals surface area contributed by atoms with E-state index >= 15 is 0 Å². The molecule has 0 fully saturated rings. The number of cyclic esters (lactones) is 1. The molecule has 0 bridgehead atoms. The molecule has 1 aliphatic rings. The molecule has 116 valence electrons. The van der Waals surface area contributed by atoms with E-state index in [2.05, 4.69) is 11.8 Å². The van der Waals surface area contributed by atoms with Crippen molar-refractivity contribution in [2.24, 2.45) is 0 Å². The normalized spacial score (nSPS) is 20.9. The second-order valence-electron chi connectivity index (χ2n) is 5.10. The predicted molar refractivity (Wildman–Crippen MR) is 77.1 cm³/mol. The second-order valence-corrected chi connectivity index (χ2v) is 5.10. The van der Waals surface area contributed by atoms with Crippen LogP contribution in [0.1, 0.15) is 46.5 Å². The summed E-state index contributed by atoms with van der Waals surface area (Å²) in [5.41, 5.74) is -0.513. The summed E-state index contributed by atoms with van der Waals surface area (Å²) in [7, 11) is 1.50. The molecule has 1 heterocycles. The van der Waals surface area contributed by atoms with E-state index < -0.39 is 11.6 Å². The van der Waals surface area contributed by atoms with Crippen molar-refractivity contribution in [2.45, 2.75) is 52.1 Å². The topological polar surface area (TPSA) is 61.8 Å². The van der Waals surface area contributed by atoms with Crippen molar-refractivity contribution in [2.75, 3.05) is 13.9 Å². The molecule has 0 saturated heterocycles. The van der Waals surface area contributed by atoms with E-state index in [0.29, 0.717) is 24.2 Å². The number of rotatable bonds is 7. The number of hydrogen-bond donors (Lipinski definition) is 0. The molecule has 1 atom stereocenters. The molecule has 0 spiro atoms. The van der Waals surface area contributed by atoms with E-state index in [0.717, 1.165) is 6.42 Å². The number of esters is 1. The van der Waals surface area contributed by atoms with Gasteiger partial charge in [0.25, 0.3) is 0 Å². The van der Waals surface area contributed by atoms with Crippen molar-refractivity contribution in [3.8, 4) is 11.8 Å². The molecule has 0 aliphatic carbocycles. The number of unbranched alkanes of at least 4 members (excludes halogenated alkanes) is 1. The van der Waals surface area contributed by atoms with Crippen LogP contribution in [0.3, 0.4) is 0 Å². The van der Waals surface area contributed by atoms with E-state index in [-0.39, 0.29) is 19.0 Å². The van der Waals surface area contributed by atoms with Crippen LogP contribution in [0, 0.1) is 11.8 Å². The summed E-state index contributed by atoms with van der Waals surface area (Å²) < 4.78 is 15.7. The van der Waals surface area contributed by atoms with Gasteiger partial charge in [0.15, 0.2) is 18.2 Å². The zero-order chi connectivity index (χ0) is 15.9. The highest BCUT2D eigenvalue weighted by atomic mass is 16.7. The monoisotopic (exact) mass is 294 g/mol. The third-order valence-electron chi connectivity index (χ3n) is 3.20. The summed E-state index contributed by atoms with van der Waals surface area (Å²) in [4.78, 5) is 23.4. The Bertz CT molecular complexity index is 495. The van der Waals surface area contributed by atoms with Gasteiger partial charge in [-0.15, -0.1) is 0 Å². The highest BCUT2D eigenvalue weighted by Gasteiger charge is 2.44. The molecule has 0 aromatic rings. The predicted octanol–water partition coefficient (Wildman–Crippen LogP) is 2.35. The largest absolute Gasteiger partial charge is 0.467 e. The first-order chi connectivity index (χ1) is 9.94. The number of hydrogen-bond acceptors (Lipinski definition) is 5. The van der Waals surface area contributed by atoms with Crippen LogP contribution in [0.2, 0.25) is 0 Å². The Kier molecular flexibility index (Phi) is 6.44. The van der Waals surface area contributed by atoms with Gasteiger partial charge in [0.1, 0.15) is 0 Å². The number of ether oxygens (including phenoxy) is 3.